The van der Waals surface area contributed by atoms with Crippen LogP contribution in [0.3, 0.4) is 0 Å². The highest BCUT2D eigenvalue weighted by Crippen LogP contribution is 2.49. The average Bonchev–Trinajstić information content (AvgIpc) is 3.56. The summed E-state index contributed by atoms with van der Waals surface area (Å²) >= 11 is 0. The first-order valence-electron chi connectivity index (χ1n) is 13.5. The number of carbonyl (C=O) groups is 2. The highest BCUT2D eigenvalue weighted by atomic mass is 16.5. The molecule has 0 radical (unpaired) electrons. The Bertz CT molecular complexity index is 1390. The number of benzene rings is 2. The lowest BCUT2D eigenvalue weighted by Gasteiger charge is -2.51. The predicted octanol–water partition coefficient (Wildman–Crippen LogP) is 4.17. The fraction of sp³-hybridized carbons (Fsp3) is 0.467. The van der Waals surface area contributed by atoms with Crippen LogP contribution in [0.25, 0.3) is 10.9 Å². The molecule has 0 spiro atoms. The number of para-hydroxylation sites is 1. The molecule has 8 nitrogen and oxygen atoms in total. The molecule has 4 heterocycles. The molecule has 3 aliphatic rings. The Morgan fingerprint density at radius 3 is 2.71 bits per heavy atom. The summed E-state index contributed by atoms with van der Waals surface area (Å²) in [6, 6.07) is 14.1. The molecule has 0 aliphatic carbocycles. The van der Waals surface area contributed by atoms with Gasteiger partial charge in [-0.05, 0) is 62.9 Å². The van der Waals surface area contributed by atoms with Gasteiger partial charge >= 0.3 is 0 Å². The van der Waals surface area contributed by atoms with Gasteiger partial charge in [-0.3, -0.25) is 9.59 Å². The van der Waals surface area contributed by atoms with Gasteiger partial charge in [0.15, 0.2) is 17.0 Å². The number of hydrogen-bond acceptors (Lipinski definition) is 5. The van der Waals surface area contributed by atoms with Gasteiger partial charge < -0.3 is 29.0 Å². The van der Waals surface area contributed by atoms with E-state index in [0.29, 0.717) is 31.2 Å². The van der Waals surface area contributed by atoms with Gasteiger partial charge in [0.05, 0.1) is 31.6 Å². The monoisotopic (exact) mass is 517 g/mol. The lowest BCUT2D eigenvalue weighted by molar-refractivity contribution is -0.167. The molecule has 6 rings (SSSR count). The minimum absolute atomic E-state index is 0.0138. The molecule has 3 aliphatic heterocycles. The maximum atomic E-state index is 14.2. The summed E-state index contributed by atoms with van der Waals surface area (Å²) in [7, 11) is 1.64. The molecule has 38 heavy (non-hydrogen) atoms. The second kappa shape index (κ2) is 9.34. The zero-order chi connectivity index (χ0) is 26.6. The minimum Gasteiger partial charge on any atom is -0.493 e. The van der Waals surface area contributed by atoms with E-state index >= 15 is 0 Å². The molecule has 1 N–H and O–H groups in total. The Morgan fingerprint density at radius 2 is 1.97 bits per heavy atom. The first kappa shape index (κ1) is 24.8. The van der Waals surface area contributed by atoms with Crippen molar-refractivity contribution in [3.8, 4) is 11.5 Å². The van der Waals surface area contributed by atoms with Crippen molar-refractivity contribution in [2.24, 2.45) is 0 Å². The first-order chi connectivity index (χ1) is 18.3. The van der Waals surface area contributed by atoms with E-state index in [2.05, 4.69) is 11.1 Å². The number of piperazine rings is 1. The van der Waals surface area contributed by atoms with Gasteiger partial charge in [-0.15, -0.1) is 0 Å². The molecule has 8 heteroatoms. The van der Waals surface area contributed by atoms with Crippen LogP contribution in [0.15, 0.2) is 42.5 Å². The molecule has 3 aromatic rings. The van der Waals surface area contributed by atoms with E-state index < -0.39 is 5.54 Å². The minimum atomic E-state index is -1.12. The summed E-state index contributed by atoms with van der Waals surface area (Å²) in [5, 5.41) is 1.06. The number of rotatable bonds is 6. The van der Waals surface area contributed by atoms with Crippen LogP contribution in [0.5, 0.6) is 11.5 Å². The van der Waals surface area contributed by atoms with Crippen LogP contribution in [0, 0.1) is 0 Å². The van der Waals surface area contributed by atoms with Crippen LogP contribution in [0.1, 0.15) is 56.4 Å². The number of ether oxygens (including phenoxy) is 3. The van der Waals surface area contributed by atoms with Crippen molar-refractivity contribution in [1.82, 2.24) is 14.8 Å². The maximum Gasteiger partial charge on any atom is 0.255 e. The molecule has 2 aromatic carbocycles. The number of fused-ring (bicyclic) bond motifs is 5. The van der Waals surface area contributed by atoms with E-state index in [0.717, 1.165) is 40.6 Å². The molecule has 2 saturated heterocycles. The SMILES string of the molecule is COc1cc([C@H]2CN3C(=O)CN(C[C@H]4CCCO4)C(=O)[C@]3(C)c3[nH]c4ccccc4c32)ccc1OC(C)C. The molecule has 0 bridgehead atoms. The van der Waals surface area contributed by atoms with E-state index in [1.54, 1.807) is 16.9 Å². The van der Waals surface area contributed by atoms with Crippen LogP contribution in [0.4, 0.5) is 0 Å². The Labute approximate surface area is 222 Å². The maximum absolute atomic E-state index is 14.2. The number of hydrogen-bond donors (Lipinski definition) is 1. The van der Waals surface area contributed by atoms with Crippen LogP contribution < -0.4 is 9.47 Å². The third-order valence-electron chi connectivity index (χ3n) is 8.22. The normalized spacial score (nSPS) is 25.2. The summed E-state index contributed by atoms with van der Waals surface area (Å²) < 4.78 is 17.4. The third kappa shape index (κ3) is 3.85. The van der Waals surface area contributed by atoms with E-state index in [4.69, 9.17) is 14.2 Å². The molecular weight excluding hydrogens is 482 g/mol. The Balaban J connectivity index is 1.47. The number of carbonyl (C=O) groups excluding carboxylic acids is 2. The number of amides is 2. The lowest BCUT2D eigenvalue weighted by Crippen LogP contribution is -2.68. The van der Waals surface area contributed by atoms with Crippen molar-refractivity contribution in [2.75, 3.05) is 33.4 Å². The number of nitrogens with zero attached hydrogens (tertiary/aromatic N) is 2. The van der Waals surface area contributed by atoms with Gasteiger partial charge in [0.1, 0.15) is 0 Å². The zero-order valence-corrected chi connectivity index (χ0v) is 22.5. The summed E-state index contributed by atoms with van der Waals surface area (Å²) in [4.78, 5) is 34.9. The summed E-state index contributed by atoms with van der Waals surface area (Å²) in [6.45, 7) is 7.48. The van der Waals surface area contributed by atoms with Gasteiger partial charge in [-0.1, -0.05) is 24.3 Å². The van der Waals surface area contributed by atoms with Gasteiger partial charge in [-0.25, -0.2) is 0 Å². The van der Waals surface area contributed by atoms with Crippen LogP contribution >= 0.6 is 0 Å². The number of aromatic amines is 1. The van der Waals surface area contributed by atoms with Crippen molar-refractivity contribution in [3.63, 3.8) is 0 Å². The highest BCUT2D eigenvalue weighted by molar-refractivity contribution is 6.01. The summed E-state index contributed by atoms with van der Waals surface area (Å²) in [5.74, 6) is 1.08. The molecule has 0 unspecified atom stereocenters. The van der Waals surface area contributed by atoms with Crippen LogP contribution in [-0.2, 0) is 19.9 Å². The number of aromatic nitrogens is 1. The average molecular weight is 518 g/mol. The van der Waals surface area contributed by atoms with E-state index in [-0.39, 0.29) is 36.5 Å². The van der Waals surface area contributed by atoms with Crippen molar-refractivity contribution < 1.29 is 23.8 Å². The standard InChI is InChI=1S/C30H35N3O5/c1-18(2)38-24-12-11-19(14-25(24)36-4)22-16-33-26(34)17-32(15-20-8-7-13-37-20)29(35)30(33,3)28-27(22)21-9-5-6-10-23(21)31-28/h5-6,9-12,14,18,20,22,31H,7-8,13,15-17H2,1-4H3/t20-,22-,30+/m1/s1. The second-order valence-electron chi connectivity index (χ2n) is 11.0. The Hall–Kier alpha value is -3.52. The molecule has 0 saturated carbocycles. The quantitative estimate of drug-likeness (QED) is 0.531. The van der Waals surface area contributed by atoms with Gasteiger partial charge in [-0.2, -0.15) is 0 Å². The van der Waals surface area contributed by atoms with Gasteiger partial charge in [0.25, 0.3) is 5.91 Å². The molecule has 200 valence electrons. The van der Waals surface area contributed by atoms with Gasteiger partial charge in [0.2, 0.25) is 5.91 Å². The van der Waals surface area contributed by atoms with Crippen molar-refractivity contribution in [3.05, 3.63) is 59.3 Å². The molecule has 1 aromatic heterocycles. The number of methoxy groups -OCH3 is 1. The molecular formula is C30H35N3O5. The molecule has 3 atom stereocenters. The molecule has 2 amide bonds. The Kier molecular flexibility index (Phi) is 6.10. The fourth-order valence-electron chi connectivity index (χ4n) is 6.41. The van der Waals surface area contributed by atoms with Crippen LogP contribution in [-0.4, -0.2) is 72.2 Å². The number of nitrogens with one attached hydrogen (secondary N) is 1. The first-order valence-corrected chi connectivity index (χ1v) is 13.5. The smallest absolute Gasteiger partial charge is 0.255 e. The Morgan fingerprint density at radius 1 is 1.16 bits per heavy atom. The highest BCUT2D eigenvalue weighted by Gasteiger charge is 2.56. The predicted molar refractivity (Wildman–Crippen MR) is 144 cm³/mol. The number of H-pyrrole nitrogens is 1. The van der Waals surface area contributed by atoms with Crippen molar-refractivity contribution in [2.45, 2.75) is 57.3 Å². The van der Waals surface area contributed by atoms with E-state index in [1.807, 2.05) is 57.2 Å². The van der Waals surface area contributed by atoms with Gasteiger partial charge in [0, 0.05) is 36.5 Å². The summed E-state index contributed by atoms with van der Waals surface area (Å²) in [6.07, 6.45) is 1.90. The largest absolute Gasteiger partial charge is 0.493 e. The zero-order valence-electron chi connectivity index (χ0n) is 22.5. The topological polar surface area (TPSA) is 84.1 Å². The van der Waals surface area contributed by atoms with E-state index in [1.165, 1.54) is 0 Å². The molecule has 2 fully saturated rings. The fourth-order valence-corrected chi connectivity index (χ4v) is 6.41. The second-order valence-corrected chi connectivity index (χ2v) is 11.0. The summed E-state index contributed by atoms with van der Waals surface area (Å²) in [5.41, 5.74) is 2.68. The lowest BCUT2D eigenvalue weighted by atomic mass is 9.76. The van der Waals surface area contributed by atoms with Crippen molar-refractivity contribution >= 4 is 22.7 Å². The van der Waals surface area contributed by atoms with Crippen molar-refractivity contribution in [1.29, 1.82) is 0 Å². The van der Waals surface area contributed by atoms with Crippen LogP contribution in [0.2, 0.25) is 0 Å². The third-order valence-corrected chi connectivity index (χ3v) is 8.22. The van der Waals surface area contributed by atoms with E-state index in [9.17, 15) is 9.59 Å².